The molecule has 0 saturated carbocycles. The summed E-state index contributed by atoms with van der Waals surface area (Å²) in [6.45, 7) is 11.8. The topological polar surface area (TPSA) is 84.5 Å². The lowest BCUT2D eigenvalue weighted by atomic mass is 9.93. The molecule has 0 fully saturated rings. The van der Waals surface area contributed by atoms with E-state index < -0.39 is 10.0 Å². The van der Waals surface area contributed by atoms with Crippen LogP contribution in [0.4, 0.5) is 5.69 Å². The molecule has 0 spiro atoms. The van der Waals surface area contributed by atoms with Gasteiger partial charge in [-0.25, -0.2) is 8.42 Å². The van der Waals surface area contributed by atoms with E-state index in [1.807, 2.05) is 26.8 Å². The molecule has 0 aliphatic carbocycles. The lowest BCUT2D eigenvalue weighted by Crippen LogP contribution is -2.27. The molecule has 0 heterocycles. The van der Waals surface area contributed by atoms with Crippen LogP contribution in [0.25, 0.3) is 0 Å². The first-order valence-electron chi connectivity index (χ1n) is 11.6. The van der Waals surface area contributed by atoms with Crippen LogP contribution in [0.1, 0.15) is 70.9 Å². The second-order valence-electron chi connectivity index (χ2n) is 9.25. The van der Waals surface area contributed by atoms with E-state index in [-0.39, 0.29) is 22.8 Å². The van der Waals surface area contributed by atoms with E-state index in [2.05, 4.69) is 30.0 Å². The van der Waals surface area contributed by atoms with E-state index in [1.54, 1.807) is 56.5 Å². The summed E-state index contributed by atoms with van der Waals surface area (Å²) in [5.74, 6) is 0.903. The molecule has 3 aromatic rings. The minimum Gasteiger partial charge on any atom is -0.496 e. The molecule has 3 aromatic carbocycles. The highest BCUT2D eigenvalue weighted by atomic mass is 32.2. The van der Waals surface area contributed by atoms with Gasteiger partial charge in [-0.3, -0.25) is 9.52 Å². The van der Waals surface area contributed by atoms with Crippen LogP contribution in [0.3, 0.4) is 0 Å². The van der Waals surface area contributed by atoms with Crippen LogP contribution in [0.5, 0.6) is 5.75 Å². The fourth-order valence-corrected chi connectivity index (χ4v) is 5.14. The first-order chi connectivity index (χ1) is 16.4. The molecule has 1 atom stereocenters. The number of nitrogens with one attached hydrogen (secondary N) is 2. The average Bonchev–Trinajstić information content (AvgIpc) is 2.79. The minimum atomic E-state index is -3.72. The fourth-order valence-electron chi connectivity index (χ4n) is 4.01. The van der Waals surface area contributed by atoms with E-state index in [0.29, 0.717) is 16.8 Å². The van der Waals surface area contributed by atoms with E-state index in [0.717, 1.165) is 28.0 Å². The molecule has 1 amide bonds. The number of rotatable bonds is 8. The molecule has 186 valence electrons. The third kappa shape index (κ3) is 6.03. The van der Waals surface area contributed by atoms with Gasteiger partial charge in [0.05, 0.1) is 23.7 Å². The van der Waals surface area contributed by atoms with Crippen LogP contribution < -0.4 is 14.8 Å². The van der Waals surface area contributed by atoms with Crippen molar-refractivity contribution in [2.24, 2.45) is 0 Å². The third-order valence-corrected chi connectivity index (χ3v) is 7.50. The third-order valence-electron chi connectivity index (χ3n) is 6.12. The lowest BCUT2D eigenvalue weighted by molar-refractivity contribution is 0.0939. The van der Waals surface area contributed by atoms with Crippen molar-refractivity contribution in [3.8, 4) is 5.75 Å². The van der Waals surface area contributed by atoms with Crippen molar-refractivity contribution in [1.29, 1.82) is 0 Å². The molecule has 7 heteroatoms. The number of anilines is 1. The Labute approximate surface area is 208 Å². The number of hydrogen-bond acceptors (Lipinski definition) is 4. The number of benzene rings is 3. The average molecular weight is 495 g/mol. The Morgan fingerprint density at radius 3 is 2.09 bits per heavy atom. The van der Waals surface area contributed by atoms with Crippen LogP contribution >= 0.6 is 0 Å². The molecule has 6 nitrogen and oxygen atoms in total. The van der Waals surface area contributed by atoms with Gasteiger partial charge in [-0.15, -0.1) is 0 Å². The highest BCUT2D eigenvalue weighted by Gasteiger charge is 2.19. The van der Waals surface area contributed by atoms with Crippen molar-refractivity contribution in [2.75, 3.05) is 11.8 Å². The van der Waals surface area contributed by atoms with Gasteiger partial charge in [-0.05, 0) is 98.3 Å². The van der Waals surface area contributed by atoms with Gasteiger partial charge in [-0.2, -0.15) is 0 Å². The maximum Gasteiger partial charge on any atom is 0.261 e. The largest absolute Gasteiger partial charge is 0.496 e. The van der Waals surface area contributed by atoms with Crippen molar-refractivity contribution in [1.82, 2.24) is 5.32 Å². The van der Waals surface area contributed by atoms with Crippen LogP contribution in [0.2, 0.25) is 0 Å². The standard InChI is InChI=1S/C28H34N2O4S/c1-17(2)24-16-25(19(4)15-27(24)34-7)21(6)29-28(31)22-10-13-26(20(5)14-22)30-35(32,33)23-11-8-18(3)9-12-23/h8-17,21,30H,1-7H3,(H,29,31). The summed E-state index contributed by atoms with van der Waals surface area (Å²) >= 11 is 0. The lowest BCUT2D eigenvalue weighted by Gasteiger charge is -2.21. The molecule has 0 aliphatic rings. The number of carbonyl (C=O) groups is 1. The molecule has 1 unspecified atom stereocenters. The number of sulfonamides is 1. The second kappa shape index (κ2) is 10.5. The summed E-state index contributed by atoms with van der Waals surface area (Å²) in [6.07, 6.45) is 0. The van der Waals surface area contributed by atoms with Gasteiger partial charge in [-0.1, -0.05) is 31.5 Å². The van der Waals surface area contributed by atoms with Crippen molar-refractivity contribution in [3.05, 3.63) is 88.0 Å². The highest BCUT2D eigenvalue weighted by Crippen LogP contribution is 2.32. The molecule has 0 aromatic heterocycles. The van der Waals surface area contributed by atoms with Crippen molar-refractivity contribution in [3.63, 3.8) is 0 Å². The van der Waals surface area contributed by atoms with Crippen LogP contribution in [0.15, 0.2) is 59.5 Å². The second-order valence-corrected chi connectivity index (χ2v) is 10.9. The number of carbonyl (C=O) groups excluding carboxylic acids is 1. The molecule has 0 aliphatic heterocycles. The smallest absolute Gasteiger partial charge is 0.261 e. The van der Waals surface area contributed by atoms with Crippen LogP contribution in [0, 0.1) is 20.8 Å². The van der Waals surface area contributed by atoms with Crippen LogP contribution in [-0.4, -0.2) is 21.4 Å². The van der Waals surface area contributed by atoms with E-state index in [9.17, 15) is 13.2 Å². The number of amides is 1. The van der Waals surface area contributed by atoms with E-state index >= 15 is 0 Å². The summed E-state index contributed by atoms with van der Waals surface area (Å²) in [6, 6.07) is 15.5. The Morgan fingerprint density at radius 2 is 1.51 bits per heavy atom. The van der Waals surface area contributed by atoms with Crippen molar-refractivity contribution in [2.45, 2.75) is 58.4 Å². The Bertz CT molecular complexity index is 1330. The predicted molar refractivity (Wildman–Crippen MR) is 141 cm³/mol. The minimum absolute atomic E-state index is 0.189. The monoisotopic (exact) mass is 494 g/mol. The highest BCUT2D eigenvalue weighted by molar-refractivity contribution is 7.92. The maximum absolute atomic E-state index is 13.0. The van der Waals surface area contributed by atoms with Gasteiger partial charge >= 0.3 is 0 Å². The number of ether oxygens (including phenoxy) is 1. The first kappa shape index (κ1) is 26.3. The Hall–Kier alpha value is -3.32. The molecular weight excluding hydrogens is 460 g/mol. The van der Waals surface area contributed by atoms with Crippen LogP contribution in [-0.2, 0) is 10.0 Å². The zero-order valence-electron chi connectivity index (χ0n) is 21.4. The zero-order chi connectivity index (χ0) is 25.9. The quantitative estimate of drug-likeness (QED) is 0.400. The predicted octanol–water partition coefficient (Wildman–Crippen LogP) is 6.04. The van der Waals surface area contributed by atoms with E-state index in [4.69, 9.17) is 4.74 Å². The van der Waals surface area contributed by atoms with Gasteiger partial charge in [0.15, 0.2) is 0 Å². The summed E-state index contributed by atoms with van der Waals surface area (Å²) in [4.78, 5) is 13.2. The van der Waals surface area contributed by atoms with Gasteiger partial charge in [0.1, 0.15) is 5.75 Å². The fraction of sp³-hybridized carbons (Fsp3) is 0.321. The maximum atomic E-state index is 13.0. The molecule has 35 heavy (non-hydrogen) atoms. The zero-order valence-corrected chi connectivity index (χ0v) is 22.2. The van der Waals surface area contributed by atoms with Gasteiger partial charge < -0.3 is 10.1 Å². The number of hydrogen-bond donors (Lipinski definition) is 2. The van der Waals surface area contributed by atoms with Crippen molar-refractivity contribution < 1.29 is 17.9 Å². The van der Waals surface area contributed by atoms with E-state index in [1.165, 1.54) is 0 Å². The van der Waals surface area contributed by atoms with Gasteiger partial charge in [0.25, 0.3) is 15.9 Å². The molecule has 0 radical (unpaired) electrons. The van der Waals surface area contributed by atoms with Gasteiger partial charge in [0.2, 0.25) is 0 Å². The summed E-state index contributed by atoms with van der Waals surface area (Å²) < 4.78 is 33.6. The van der Waals surface area contributed by atoms with Crippen molar-refractivity contribution >= 4 is 21.6 Å². The van der Waals surface area contributed by atoms with Gasteiger partial charge in [0, 0.05) is 5.56 Å². The summed E-state index contributed by atoms with van der Waals surface area (Å²) in [5.41, 5.74) is 5.69. The Kier molecular flexibility index (Phi) is 7.90. The molecule has 2 N–H and O–H groups in total. The molecular formula is C28H34N2O4S. The SMILES string of the molecule is COc1cc(C)c(C(C)NC(=O)c2ccc(NS(=O)(=O)c3ccc(C)cc3)c(C)c2)cc1C(C)C. The molecule has 3 rings (SSSR count). The Balaban J connectivity index is 1.78. The molecule has 0 bridgehead atoms. The molecule has 0 saturated heterocycles. The number of methoxy groups -OCH3 is 1. The summed E-state index contributed by atoms with van der Waals surface area (Å²) in [7, 11) is -2.06. The number of aryl methyl sites for hydroxylation is 3. The first-order valence-corrected chi connectivity index (χ1v) is 13.1. The normalized spacial score (nSPS) is 12.3. The summed E-state index contributed by atoms with van der Waals surface area (Å²) in [5, 5.41) is 3.06. The Morgan fingerprint density at radius 1 is 0.857 bits per heavy atom.